The van der Waals surface area contributed by atoms with Crippen molar-refractivity contribution in [1.29, 1.82) is 0 Å². The van der Waals surface area contributed by atoms with Crippen LogP contribution in [0.4, 0.5) is 0 Å². The molecule has 0 atom stereocenters. The van der Waals surface area contributed by atoms with Gasteiger partial charge in [-0.3, -0.25) is 4.79 Å². The van der Waals surface area contributed by atoms with Crippen molar-refractivity contribution in [3.8, 4) is 5.75 Å². The van der Waals surface area contributed by atoms with Gasteiger partial charge < -0.3 is 10.1 Å². The Morgan fingerprint density at radius 3 is 2.30 bits per heavy atom. The smallest absolute Gasteiger partial charge is 0.241 e. The van der Waals surface area contributed by atoms with Crippen LogP contribution in [0.2, 0.25) is 0 Å². The molecule has 6 nitrogen and oxygen atoms in total. The van der Waals surface area contributed by atoms with Gasteiger partial charge in [-0.1, -0.05) is 12.8 Å². The predicted molar refractivity (Wildman–Crippen MR) is 87.8 cm³/mol. The minimum atomic E-state index is -3.76. The van der Waals surface area contributed by atoms with Crippen LogP contribution in [0.1, 0.15) is 39.5 Å². The van der Waals surface area contributed by atoms with E-state index in [9.17, 15) is 13.2 Å². The van der Waals surface area contributed by atoms with Gasteiger partial charge in [0.05, 0.1) is 11.5 Å². The van der Waals surface area contributed by atoms with Crippen LogP contribution in [0.5, 0.6) is 5.75 Å². The topological polar surface area (TPSA) is 84.5 Å². The summed E-state index contributed by atoms with van der Waals surface area (Å²) in [6.07, 6.45) is 2.72. The zero-order valence-corrected chi connectivity index (χ0v) is 14.4. The highest BCUT2D eigenvalue weighted by Crippen LogP contribution is 2.32. The molecular weight excluding hydrogens is 316 g/mol. The molecule has 1 saturated carbocycles. The summed E-state index contributed by atoms with van der Waals surface area (Å²) in [4.78, 5) is 12.5. The number of likely N-dealkylation sites (N-methyl/N-ethyl adjacent to an activating group) is 1. The Bertz CT molecular complexity index is 635. The summed E-state index contributed by atoms with van der Waals surface area (Å²) >= 11 is 0. The molecule has 0 radical (unpaired) electrons. The van der Waals surface area contributed by atoms with E-state index in [2.05, 4.69) is 10.0 Å². The molecule has 1 amide bonds. The van der Waals surface area contributed by atoms with E-state index in [-0.39, 0.29) is 10.8 Å². The average Bonchev–Trinajstić information content (AvgIpc) is 2.97. The fourth-order valence-corrected chi connectivity index (χ4v) is 4.31. The van der Waals surface area contributed by atoms with E-state index >= 15 is 0 Å². The van der Waals surface area contributed by atoms with Gasteiger partial charge in [0.25, 0.3) is 0 Å². The van der Waals surface area contributed by atoms with E-state index in [1.54, 1.807) is 12.1 Å². The zero-order valence-electron chi connectivity index (χ0n) is 13.6. The first-order valence-electron chi connectivity index (χ1n) is 7.98. The molecule has 1 aromatic carbocycles. The Morgan fingerprint density at radius 2 is 1.78 bits per heavy atom. The maximum Gasteiger partial charge on any atom is 0.241 e. The Balaban J connectivity index is 2.22. The van der Waals surface area contributed by atoms with E-state index in [4.69, 9.17) is 4.74 Å². The Labute approximate surface area is 137 Å². The minimum absolute atomic E-state index is 0.136. The highest BCUT2D eigenvalue weighted by Gasteiger charge is 2.44. The molecule has 0 unspecified atom stereocenters. The maximum absolute atomic E-state index is 12.6. The Morgan fingerprint density at radius 1 is 1.17 bits per heavy atom. The molecule has 0 heterocycles. The van der Waals surface area contributed by atoms with Gasteiger partial charge in [-0.2, -0.15) is 4.72 Å². The van der Waals surface area contributed by atoms with Gasteiger partial charge in [-0.25, -0.2) is 8.42 Å². The number of ether oxygens (including phenoxy) is 1. The van der Waals surface area contributed by atoms with Crippen molar-refractivity contribution in [2.75, 3.05) is 13.2 Å². The molecule has 0 spiro atoms. The van der Waals surface area contributed by atoms with Gasteiger partial charge >= 0.3 is 0 Å². The van der Waals surface area contributed by atoms with Crippen molar-refractivity contribution in [3.63, 3.8) is 0 Å². The molecule has 0 aliphatic heterocycles. The lowest BCUT2D eigenvalue weighted by atomic mass is 9.98. The second kappa shape index (κ2) is 7.31. The van der Waals surface area contributed by atoms with Crippen LogP contribution in [0.25, 0.3) is 0 Å². The van der Waals surface area contributed by atoms with Crippen LogP contribution in [0.15, 0.2) is 29.2 Å². The van der Waals surface area contributed by atoms with Crippen LogP contribution in [0.3, 0.4) is 0 Å². The van der Waals surface area contributed by atoms with E-state index in [0.29, 0.717) is 31.7 Å². The van der Waals surface area contributed by atoms with Crippen LogP contribution in [-0.4, -0.2) is 33.0 Å². The van der Waals surface area contributed by atoms with E-state index in [0.717, 1.165) is 12.8 Å². The molecule has 0 aromatic heterocycles. The molecule has 1 fully saturated rings. The predicted octanol–water partition coefficient (Wildman–Crippen LogP) is 1.81. The standard InChI is InChI=1S/C16H24N2O4S/c1-3-17-15(19)16(11-5-6-12-16)18-23(20,21)14-9-7-13(8-10-14)22-4-2/h7-10,18H,3-6,11-12H2,1-2H3,(H,17,19). The number of sulfonamides is 1. The van der Waals surface area contributed by atoms with Crippen LogP contribution < -0.4 is 14.8 Å². The summed E-state index contributed by atoms with van der Waals surface area (Å²) in [6, 6.07) is 6.22. The number of benzene rings is 1. The molecule has 23 heavy (non-hydrogen) atoms. The lowest BCUT2D eigenvalue weighted by Crippen LogP contribution is -2.56. The summed E-state index contributed by atoms with van der Waals surface area (Å²) in [5, 5.41) is 2.74. The molecule has 2 rings (SSSR count). The number of hydrogen-bond donors (Lipinski definition) is 2. The zero-order chi connectivity index (χ0) is 16.9. The van der Waals surface area contributed by atoms with Crippen molar-refractivity contribution in [2.24, 2.45) is 0 Å². The molecule has 1 aliphatic rings. The molecule has 1 aromatic rings. The monoisotopic (exact) mass is 340 g/mol. The van der Waals surface area contributed by atoms with Crippen molar-refractivity contribution in [2.45, 2.75) is 50.0 Å². The first kappa shape index (κ1) is 17.7. The third-order valence-electron chi connectivity index (χ3n) is 4.00. The fraction of sp³-hybridized carbons (Fsp3) is 0.562. The van der Waals surface area contributed by atoms with E-state index in [1.807, 2.05) is 13.8 Å². The summed E-state index contributed by atoms with van der Waals surface area (Å²) in [5.74, 6) is 0.373. The number of hydrogen-bond acceptors (Lipinski definition) is 4. The molecule has 128 valence electrons. The van der Waals surface area contributed by atoms with Crippen LogP contribution >= 0.6 is 0 Å². The van der Waals surface area contributed by atoms with Crippen LogP contribution in [-0.2, 0) is 14.8 Å². The van der Waals surface area contributed by atoms with Gasteiger partial charge in [0.15, 0.2) is 0 Å². The molecular formula is C16H24N2O4S. The second-order valence-electron chi connectivity index (χ2n) is 5.66. The first-order chi connectivity index (χ1) is 10.9. The van der Waals surface area contributed by atoms with Crippen molar-refractivity contribution < 1.29 is 17.9 Å². The summed E-state index contributed by atoms with van der Waals surface area (Å²) in [5.41, 5.74) is -1.03. The quantitative estimate of drug-likeness (QED) is 0.793. The molecule has 7 heteroatoms. The number of nitrogens with one attached hydrogen (secondary N) is 2. The van der Waals surface area contributed by atoms with E-state index in [1.165, 1.54) is 12.1 Å². The lowest BCUT2D eigenvalue weighted by molar-refractivity contribution is -0.126. The fourth-order valence-electron chi connectivity index (χ4n) is 2.88. The van der Waals surface area contributed by atoms with Gasteiger partial charge in [-0.15, -0.1) is 0 Å². The normalized spacial score (nSPS) is 17.0. The Hall–Kier alpha value is -1.60. The van der Waals surface area contributed by atoms with Gasteiger partial charge in [0.1, 0.15) is 11.3 Å². The maximum atomic E-state index is 12.6. The highest BCUT2D eigenvalue weighted by atomic mass is 32.2. The molecule has 1 aliphatic carbocycles. The number of rotatable bonds is 7. The van der Waals surface area contributed by atoms with E-state index < -0.39 is 15.6 Å². The largest absolute Gasteiger partial charge is 0.494 e. The van der Waals surface area contributed by atoms with Gasteiger partial charge in [-0.05, 0) is 51.0 Å². The lowest BCUT2D eigenvalue weighted by Gasteiger charge is -2.28. The minimum Gasteiger partial charge on any atom is -0.494 e. The first-order valence-corrected chi connectivity index (χ1v) is 9.47. The van der Waals surface area contributed by atoms with Gasteiger partial charge in [0, 0.05) is 6.54 Å². The third kappa shape index (κ3) is 4.03. The average molecular weight is 340 g/mol. The van der Waals surface area contributed by atoms with Crippen LogP contribution in [0, 0.1) is 0 Å². The number of carbonyl (C=O) groups excluding carboxylic acids is 1. The van der Waals surface area contributed by atoms with Crippen molar-refractivity contribution in [3.05, 3.63) is 24.3 Å². The molecule has 0 bridgehead atoms. The number of carbonyl (C=O) groups is 1. The summed E-state index contributed by atoms with van der Waals surface area (Å²) < 4.78 is 33.2. The number of amides is 1. The highest BCUT2D eigenvalue weighted by molar-refractivity contribution is 7.89. The van der Waals surface area contributed by atoms with Crippen molar-refractivity contribution >= 4 is 15.9 Å². The Kier molecular flexibility index (Phi) is 5.64. The summed E-state index contributed by atoms with van der Waals surface area (Å²) in [7, 11) is -3.76. The SMILES string of the molecule is CCNC(=O)C1(NS(=O)(=O)c2ccc(OCC)cc2)CCCC1. The van der Waals surface area contributed by atoms with Crippen molar-refractivity contribution in [1.82, 2.24) is 10.0 Å². The summed E-state index contributed by atoms with van der Waals surface area (Å²) in [6.45, 7) is 4.68. The molecule has 0 saturated heterocycles. The second-order valence-corrected chi connectivity index (χ2v) is 7.34. The molecule has 2 N–H and O–H groups in total. The third-order valence-corrected chi connectivity index (χ3v) is 5.56. The van der Waals surface area contributed by atoms with Gasteiger partial charge in [0.2, 0.25) is 15.9 Å².